The highest BCUT2D eigenvalue weighted by Crippen LogP contribution is 2.64. The van der Waals surface area contributed by atoms with Gasteiger partial charge in [-0.25, -0.2) is 4.98 Å². The molecule has 2 heterocycles. The van der Waals surface area contributed by atoms with E-state index in [9.17, 15) is 0 Å². The first-order valence-corrected chi connectivity index (χ1v) is 9.11. The number of aromatic amines is 1. The maximum Gasteiger partial charge on any atom is 0.155 e. The van der Waals surface area contributed by atoms with Crippen LogP contribution in [0.3, 0.4) is 0 Å². The van der Waals surface area contributed by atoms with Crippen LogP contribution in [0.5, 0.6) is 0 Å². The Kier molecular flexibility index (Phi) is 3.45. The maximum absolute atomic E-state index is 4.20. The summed E-state index contributed by atoms with van der Waals surface area (Å²) in [6.45, 7) is 2.37. The molecule has 4 nitrogen and oxygen atoms in total. The zero-order valence-corrected chi connectivity index (χ0v) is 14.2. The Labute approximate surface area is 147 Å². The van der Waals surface area contributed by atoms with Gasteiger partial charge in [-0.05, 0) is 60.4 Å². The average molecular weight is 330 g/mol. The van der Waals surface area contributed by atoms with Gasteiger partial charge in [0.25, 0.3) is 0 Å². The second-order valence-corrected chi connectivity index (χ2v) is 7.40. The SMILES string of the molecule is c1n[nH]c(-c2ccc(-c3ccc([C@H]4CC45CCNCC5)cc3)cc2)n1. The van der Waals surface area contributed by atoms with Crippen molar-refractivity contribution in [2.24, 2.45) is 5.41 Å². The molecule has 0 amide bonds. The quantitative estimate of drug-likeness (QED) is 0.763. The molecule has 0 bridgehead atoms. The van der Waals surface area contributed by atoms with Gasteiger partial charge in [0.1, 0.15) is 6.33 Å². The Balaban J connectivity index is 1.34. The Morgan fingerprint density at radius 2 is 1.48 bits per heavy atom. The van der Waals surface area contributed by atoms with E-state index in [1.54, 1.807) is 0 Å². The summed E-state index contributed by atoms with van der Waals surface area (Å²) in [5, 5.41) is 10.3. The number of piperidine rings is 1. The lowest BCUT2D eigenvalue weighted by Gasteiger charge is -2.23. The van der Waals surface area contributed by atoms with Crippen molar-refractivity contribution in [2.45, 2.75) is 25.2 Å². The fourth-order valence-corrected chi connectivity index (χ4v) is 4.37. The summed E-state index contributed by atoms with van der Waals surface area (Å²) < 4.78 is 0. The molecule has 4 heteroatoms. The fraction of sp³-hybridized carbons (Fsp3) is 0.333. The summed E-state index contributed by atoms with van der Waals surface area (Å²) in [5.74, 6) is 1.58. The molecule has 2 N–H and O–H groups in total. The molecule has 1 aliphatic carbocycles. The van der Waals surface area contributed by atoms with E-state index in [2.05, 4.69) is 69.0 Å². The van der Waals surface area contributed by atoms with Gasteiger partial charge in [-0.15, -0.1) is 0 Å². The molecule has 2 aromatic carbocycles. The number of nitrogens with one attached hydrogen (secondary N) is 2. The Morgan fingerprint density at radius 1 is 0.840 bits per heavy atom. The third kappa shape index (κ3) is 2.67. The van der Waals surface area contributed by atoms with Crippen molar-refractivity contribution in [3.63, 3.8) is 0 Å². The molecule has 0 unspecified atom stereocenters. The van der Waals surface area contributed by atoms with Crippen LogP contribution in [0.4, 0.5) is 0 Å². The van der Waals surface area contributed by atoms with Gasteiger partial charge < -0.3 is 5.32 Å². The summed E-state index contributed by atoms with van der Waals surface area (Å²) in [6.07, 6.45) is 5.58. The first kappa shape index (κ1) is 14.8. The smallest absolute Gasteiger partial charge is 0.155 e. The van der Waals surface area contributed by atoms with Crippen LogP contribution in [0.2, 0.25) is 0 Å². The van der Waals surface area contributed by atoms with Crippen molar-refractivity contribution in [3.05, 3.63) is 60.4 Å². The summed E-state index contributed by atoms with van der Waals surface area (Å²) in [6, 6.07) is 17.7. The minimum Gasteiger partial charge on any atom is -0.317 e. The molecule has 25 heavy (non-hydrogen) atoms. The van der Waals surface area contributed by atoms with Crippen molar-refractivity contribution in [2.75, 3.05) is 13.1 Å². The third-order valence-electron chi connectivity index (χ3n) is 6.01. The summed E-state index contributed by atoms with van der Waals surface area (Å²) in [7, 11) is 0. The molecule has 5 rings (SSSR count). The zero-order chi connectivity index (χ0) is 16.7. The first-order valence-electron chi connectivity index (χ1n) is 9.11. The highest BCUT2D eigenvalue weighted by molar-refractivity contribution is 5.68. The molecule has 2 fully saturated rings. The van der Waals surface area contributed by atoms with Gasteiger partial charge in [-0.1, -0.05) is 48.5 Å². The van der Waals surface area contributed by atoms with Crippen molar-refractivity contribution in [1.29, 1.82) is 0 Å². The number of benzene rings is 2. The monoisotopic (exact) mass is 330 g/mol. The van der Waals surface area contributed by atoms with Crippen LogP contribution in [-0.4, -0.2) is 28.3 Å². The van der Waals surface area contributed by atoms with Gasteiger partial charge in [0.05, 0.1) is 0 Å². The molecule has 2 aliphatic rings. The van der Waals surface area contributed by atoms with Crippen molar-refractivity contribution >= 4 is 0 Å². The van der Waals surface area contributed by atoms with Crippen molar-refractivity contribution in [3.8, 4) is 22.5 Å². The molecular formula is C21H22N4. The highest BCUT2D eigenvalue weighted by atomic mass is 15.2. The van der Waals surface area contributed by atoms with Crippen LogP contribution in [0, 0.1) is 5.41 Å². The predicted molar refractivity (Wildman–Crippen MR) is 99.1 cm³/mol. The maximum atomic E-state index is 4.20. The average Bonchev–Trinajstić information content (AvgIpc) is 3.10. The van der Waals surface area contributed by atoms with Crippen LogP contribution in [0.25, 0.3) is 22.5 Å². The Bertz CT molecular complexity index is 844. The molecular weight excluding hydrogens is 308 g/mol. The molecule has 0 radical (unpaired) electrons. The van der Waals surface area contributed by atoms with Gasteiger partial charge in [0, 0.05) is 5.56 Å². The largest absolute Gasteiger partial charge is 0.317 e. The summed E-state index contributed by atoms with van der Waals surface area (Å²) in [4.78, 5) is 4.20. The second kappa shape index (κ2) is 5.81. The van der Waals surface area contributed by atoms with Crippen LogP contribution < -0.4 is 5.32 Å². The van der Waals surface area contributed by atoms with E-state index in [0.29, 0.717) is 5.41 Å². The molecule has 1 saturated carbocycles. The fourth-order valence-electron chi connectivity index (χ4n) is 4.37. The van der Waals surface area contributed by atoms with Gasteiger partial charge in [-0.2, -0.15) is 5.10 Å². The first-order chi connectivity index (χ1) is 12.3. The zero-order valence-electron chi connectivity index (χ0n) is 14.2. The van der Waals surface area contributed by atoms with E-state index >= 15 is 0 Å². The molecule has 1 atom stereocenters. The number of hydrogen-bond acceptors (Lipinski definition) is 3. The van der Waals surface area contributed by atoms with Crippen LogP contribution >= 0.6 is 0 Å². The lowest BCUT2D eigenvalue weighted by atomic mass is 9.89. The lowest BCUT2D eigenvalue weighted by Crippen LogP contribution is -2.29. The van der Waals surface area contributed by atoms with Gasteiger partial charge >= 0.3 is 0 Å². The van der Waals surface area contributed by atoms with E-state index in [-0.39, 0.29) is 0 Å². The van der Waals surface area contributed by atoms with Gasteiger partial charge in [0.15, 0.2) is 5.82 Å². The molecule has 1 saturated heterocycles. The van der Waals surface area contributed by atoms with E-state index < -0.39 is 0 Å². The van der Waals surface area contributed by atoms with E-state index in [4.69, 9.17) is 0 Å². The predicted octanol–water partition coefficient (Wildman–Crippen LogP) is 4.00. The standard InChI is InChI=1S/C21H22N4/c1-5-17(19-13-21(19)9-11-22-12-10-21)6-2-15(1)16-3-7-18(8-4-16)20-23-14-24-25-20/h1-8,14,19,22H,9-13H2,(H,23,24,25)/t19-/m1/s1. The minimum absolute atomic E-state index is 0.603. The molecule has 1 aliphatic heterocycles. The molecule has 126 valence electrons. The van der Waals surface area contributed by atoms with E-state index in [1.165, 1.54) is 55.4 Å². The molecule has 1 spiro atoms. The molecule has 3 aromatic rings. The summed E-state index contributed by atoms with van der Waals surface area (Å²) in [5.41, 5.74) is 5.69. The number of aromatic nitrogens is 3. The topological polar surface area (TPSA) is 53.6 Å². The van der Waals surface area contributed by atoms with Crippen molar-refractivity contribution < 1.29 is 0 Å². The molecule has 1 aromatic heterocycles. The lowest BCUT2D eigenvalue weighted by molar-refractivity contribution is 0.342. The normalized spacial score (nSPS) is 21.4. The Morgan fingerprint density at radius 3 is 2.12 bits per heavy atom. The van der Waals surface area contributed by atoms with Crippen LogP contribution in [-0.2, 0) is 0 Å². The number of hydrogen-bond donors (Lipinski definition) is 2. The van der Waals surface area contributed by atoms with E-state index in [0.717, 1.165) is 17.3 Å². The second-order valence-electron chi connectivity index (χ2n) is 7.40. The van der Waals surface area contributed by atoms with E-state index in [1.807, 2.05) is 0 Å². The number of rotatable bonds is 3. The van der Waals surface area contributed by atoms with Gasteiger partial charge in [-0.3, -0.25) is 5.10 Å². The summed E-state index contributed by atoms with van der Waals surface area (Å²) >= 11 is 0. The highest BCUT2D eigenvalue weighted by Gasteiger charge is 2.54. The van der Waals surface area contributed by atoms with Crippen LogP contribution in [0.1, 0.15) is 30.7 Å². The van der Waals surface area contributed by atoms with Crippen LogP contribution in [0.15, 0.2) is 54.9 Å². The number of H-pyrrole nitrogens is 1. The van der Waals surface area contributed by atoms with Crippen molar-refractivity contribution in [1.82, 2.24) is 20.5 Å². The third-order valence-corrected chi connectivity index (χ3v) is 6.01. The minimum atomic E-state index is 0.603. The van der Waals surface area contributed by atoms with Gasteiger partial charge in [0.2, 0.25) is 0 Å². The Hall–Kier alpha value is -2.46. The number of nitrogens with zero attached hydrogens (tertiary/aromatic N) is 2.